The van der Waals surface area contributed by atoms with Crippen molar-refractivity contribution >= 4 is 17.7 Å². The van der Waals surface area contributed by atoms with E-state index in [0.717, 1.165) is 11.3 Å². The van der Waals surface area contributed by atoms with E-state index in [0.29, 0.717) is 30.9 Å². The van der Waals surface area contributed by atoms with Crippen LogP contribution in [-0.2, 0) is 17.8 Å². The Morgan fingerprint density at radius 2 is 1.76 bits per heavy atom. The molecule has 0 saturated heterocycles. The average molecular weight is 395 g/mol. The van der Waals surface area contributed by atoms with Crippen LogP contribution in [0.15, 0.2) is 66.9 Å². The van der Waals surface area contributed by atoms with Crippen molar-refractivity contribution in [3.63, 3.8) is 0 Å². The second kappa shape index (κ2) is 9.54. The summed E-state index contributed by atoms with van der Waals surface area (Å²) in [6.07, 6.45) is 1.91. The molecule has 0 fully saturated rings. The maximum absolute atomic E-state index is 13.0. The van der Waals surface area contributed by atoms with E-state index >= 15 is 0 Å². The summed E-state index contributed by atoms with van der Waals surface area (Å²) < 4.78 is 20.0. The fourth-order valence-electron chi connectivity index (χ4n) is 2.80. The molecule has 150 valence electrons. The zero-order valence-electron chi connectivity index (χ0n) is 16.0. The number of benzene rings is 2. The Balaban J connectivity index is 1.53. The zero-order chi connectivity index (χ0) is 20.6. The van der Waals surface area contributed by atoms with Gasteiger partial charge < -0.3 is 19.9 Å². The Bertz CT molecular complexity index is 966. The molecule has 0 aliphatic carbocycles. The number of ether oxygens (including phenoxy) is 1. The van der Waals surface area contributed by atoms with E-state index in [1.165, 1.54) is 12.1 Å². The highest BCUT2D eigenvalue weighted by Gasteiger charge is 2.08. The monoisotopic (exact) mass is 395 g/mol. The van der Waals surface area contributed by atoms with Crippen LogP contribution in [0.1, 0.15) is 28.5 Å². The van der Waals surface area contributed by atoms with Crippen LogP contribution in [0.5, 0.6) is 0 Å². The molecule has 6 nitrogen and oxygen atoms in total. The van der Waals surface area contributed by atoms with Gasteiger partial charge in [-0.25, -0.2) is 14.0 Å². The number of rotatable bonds is 7. The zero-order valence-corrected chi connectivity index (χ0v) is 16.0. The Labute approximate surface area is 168 Å². The van der Waals surface area contributed by atoms with Crippen molar-refractivity contribution in [1.29, 1.82) is 0 Å². The fourth-order valence-corrected chi connectivity index (χ4v) is 2.80. The molecule has 0 spiro atoms. The van der Waals surface area contributed by atoms with Crippen LogP contribution in [0.25, 0.3) is 0 Å². The lowest BCUT2D eigenvalue weighted by Crippen LogP contribution is -2.29. The number of anilines is 1. The van der Waals surface area contributed by atoms with Gasteiger partial charge in [-0.2, -0.15) is 0 Å². The molecular formula is C22H22FN3O3. The van der Waals surface area contributed by atoms with E-state index < -0.39 is 5.97 Å². The normalized spacial score (nSPS) is 10.4. The standard InChI is InChI=1S/C22H22FN3O3/c1-2-29-21(27)17-7-11-19(12-8-17)25-22(28)24-14-20-4-3-13-26(20)15-16-5-9-18(23)10-6-16/h3-13H,2,14-15H2,1H3,(H2,24,25,28). The Kier molecular flexibility index (Phi) is 6.63. The smallest absolute Gasteiger partial charge is 0.338 e. The summed E-state index contributed by atoms with van der Waals surface area (Å²) in [5.74, 6) is -0.666. The Hall–Kier alpha value is -3.61. The molecular weight excluding hydrogens is 373 g/mol. The van der Waals surface area contributed by atoms with Gasteiger partial charge in [-0.15, -0.1) is 0 Å². The molecule has 3 rings (SSSR count). The second-order valence-electron chi connectivity index (χ2n) is 6.36. The van der Waals surface area contributed by atoms with Crippen LogP contribution >= 0.6 is 0 Å². The number of halogens is 1. The predicted molar refractivity (Wildman–Crippen MR) is 108 cm³/mol. The first-order valence-corrected chi connectivity index (χ1v) is 9.25. The number of nitrogens with one attached hydrogen (secondary N) is 2. The van der Waals surface area contributed by atoms with Crippen LogP contribution in [0, 0.1) is 5.82 Å². The first-order valence-electron chi connectivity index (χ1n) is 9.25. The molecule has 29 heavy (non-hydrogen) atoms. The number of esters is 1. The van der Waals surface area contributed by atoms with Gasteiger partial charge in [0, 0.05) is 24.1 Å². The second-order valence-corrected chi connectivity index (χ2v) is 6.36. The number of urea groups is 1. The molecule has 2 aromatic carbocycles. The molecule has 0 aliphatic heterocycles. The highest BCUT2D eigenvalue weighted by Crippen LogP contribution is 2.12. The summed E-state index contributed by atoms with van der Waals surface area (Å²) in [6, 6.07) is 16.3. The van der Waals surface area contributed by atoms with E-state index in [9.17, 15) is 14.0 Å². The molecule has 0 aliphatic rings. The molecule has 7 heteroatoms. The van der Waals surface area contributed by atoms with Crippen LogP contribution in [0.3, 0.4) is 0 Å². The largest absolute Gasteiger partial charge is 0.462 e. The third kappa shape index (κ3) is 5.68. The van der Waals surface area contributed by atoms with Gasteiger partial charge in [0.1, 0.15) is 5.82 Å². The number of hydrogen-bond donors (Lipinski definition) is 2. The van der Waals surface area contributed by atoms with E-state index in [2.05, 4.69) is 10.6 Å². The third-order valence-electron chi connectivity index (χ3n) is 4.27. The van der Waals surface area contributed by atoms with E-state index in [-0.39, 0.29) is 11.8 Å². The van der Waals surface area contributed by atoms with Crippen LogP contribution < -0.4 is 10.6 Å². The minimum atomic E-state index is -0.398. The lowest BCUT2D eigenvalue weighted by Gasteiger charge is -2.12. The summed E-state index contributed by atoms with van der Waals surface area (Å²) in [6.45, 7) is 2.97. The number of carbonyl (C=O) groups is 2. The topological polar surface area (TPSA) is 72.4 Å². The van der Waals surface area contributed by atoms with Crippen molar-refractivity contribution in [2.45, 2.75) is 20.0 Å². The van der Waals surface area contributed by atoms with Gasteiger partial charge in [0.05, 0.1) is 18.7 Å². The predicted octanol–water partition coefficient (Wildman–Crippen LogP) is 4.17. The number of amides is 2. The Morgan fingerprint density at radius 3 is 2.45 bits per heavy atom. The highest BCUT2D eigenvalue weighted by atomic mass is 19.1. The van der Waals surface area contributed by atoms with Gasteiger partial charge in [0.15, 0.2) is 0 Å². The first kappa shape index (κ1) is 20.1. The molecule has 1 aromatic heterocycles. The SMILES string of the molecule is CCOC(=O)c1ccc(NC(=O)NCc2cccn2Cc2ccc(F)cc2)cc1. The molecule has 0 bridgehead atoms. The summed E-state index contributed by atoms with van der Waals surface area (Å²) >= 11 is 0. The van der Waals surface area contributed by atoms with Crippen molar-refractivity contribution in [3.05, 3.63) is 89.5 Å². The van der Waals surface area contributed by atoms with Crippen LogP contribution in [-0.4, -0.2) is 23.2 Å². The van der Waals surface area contributed by atoms with Gasteiger partial charge in [0.25, 0.3) is 0 Å². The summed E-state index contributed by atoms with van der Waals surface area (Å²) in [5, 5.41) is 5.53. The summed E-state index contributed by atoms with van der Waals surface area (Å²) in [5.41, 5.74) is 2.88. The van der Waals surface area contributed by atoms with Crippen molar-refractivity contribution in [2.75, 3.05) is 11.9 Å². The van der Waals surface area contributed by atoms with Crippen molar-refractivity contribution < 1.29 is 18.7 Å². The molecule has 0 unspecified atom stereocenters. The average Bonchev–Trinajstić information content (AvgIpc) is 3.16. The molecule has 0 radical (unpaired) electrons. The van der Waals surface area contributed by atoms with Gasteiger partial charge in [-0.05, 0) is 61.0 Å². The maximum atomic E-state index is 13.0. The third-order valence-corrected chi connectivity index (χ3v) is 4.27. The Morgan fingerprint density at radius 1 is 1.03 bits per heavy atom. The highest BCUT2D eigenvalue weighted by molar-refractivity contribution is 5.92. The van der Waals surface area contributed by atoms with Crippen molar-refractivity contribution in [3.8, 4) is 0 Å². The lowest BCUT2D eigenvalue weighted by atomic mass is 10.2. The molecule has 1 heterocycles. The molecule has 2 N–H and O–H groups in total. The van der Waals surface area contributed by atoms with Gasteiger partial charge in [0.2, 0.25) is 0 Å². The van der Waals surface area contributed by atoms with E-state index in [4.69, 9.17) is 4.74 Å². The summed E-state index contributed by atoms with van der Waals surface area (Å²) in [7, 11) is 0. The number of carbonyl (C=O) groups excluding carboxylic acids is 2. The van der Waals surface area contributed by atoms with Gasteiger partial charge in [-0.1, -0.05) is 12.1 Å². The van der Waals surface area contributed by atoms with Gasteiger partial charge >= 0.3 is 12.0 Å². The number of nitrogens with zero attached hydrogens (tertiary/aromatic N) is 1. The first-order chi connectivity index (χ1) is 14.0. The number of hydrogen-bond acceptors (Lipinski definition) is 3. The quantitative estimate of drug-likeness (QED) is 0.590. The van der Waals surface area contributed by atoms with Crippen molar-refractivity contribution in [2.24, 2.45) is 0 Å². The lowest BCUT2D eigenvalue weighted by molar-refractivity contribution is 0.0526. The van der Waals surface area contributed by atoms with Gasteiger partial charge in [-0.3, -0.25) is 0 Å². The van der Waals surface area contributed by atoms with E-state index in [1.54, 1.807) is 43.3 Å². The molecule has 3 aromatic rings. The van der Waals surface area contributed by atoms with Crippen LogP contribution in [0.4, 0.5) is 14.9 Å². The summed E-state index contributed by atoms with van der Waals surface area (Å²) in [4.78, 5) is 23.8. The fraction of sp³-hybridized carbons (Fsp3) is 0.182. The number of aromatic nitrogens is 1. The minimum Gasteiger partial charge on any atom is -0.462 e. The molecule has 0 atom stereocenters. The van der Waals surface area contributed by atoms with Crippen molar-refractivity contribution in [1.82, 2.24) is 9.88 Å². The molecule has 0 saturated carbocycles. The van der Waals surface area contributed by atoms with Crippen LogP contribution in [0.2, 0.25) is 0 Å². The van der Waals surface area contributed by atoms with E-state index in [1.807, 2.05) is 22.9 Å². The maximum Gasteiger partial charge on any atom is 0.338 e. The molecule has 2 amide bonds. The minimum absolute atomic E-state index is 0.268.